The molecule has 2 heterocycles. The Kier molecular flexibility index (Phi) is 4.57. The van der Waals surface area contributed by atoms with Gasteiger partial charge >= 0.3 is 0 Å². The van der Waals surface area contributed by atoms with E-state index in [1.54, 1.807) is 0 Å². The first-order valence-corrected chi connectivity index (χ1v) is 6.63. The summed E-state index contributed by atoms with van der Waals surface area (Å²) in [6, 6.07) is 0.632. The second kappa shape index (κ2) is 6.17. The Morgan fingerprint density at radius 3 is 2.82 bits per heavy atom. The fourth-order valence-corrected chi connectivity index (χ4v) is 2.54. The number of rotatable bonds is 5. The summed E-state index contributed by atoms with van der Waals surface area (Å²) in [6.45, 7) is 6.86. The summed E-state index contributed by atoms with van der Waals surface area (Å²) in [5.74, 6) is 0.842. The van der Waals surface area contributed by atoms with Gasteiger partial charge in [0.05, 0.1) is 6.33 Å². The molecule has 2 rings (SSSR count). The van der Waals surface area contributed by atoms with Crippen LogP contribution in [0.3, 0.4) is 0 Å². The van der Waals surface area contributed by atoms with Crippen LogP contribution in [0.1, 0.15) is 19.8 Å². The molecule has 1 unspecified atom stereocenters. The first-order valence-electron chi connectivity index (χ1n) is 6.63. The summed E-state index contributed by atoms with van der Waals surface area (Å²) in [5.41, 5.74) is 0. The lowest BCUT2D eigenvalue weighted by atomic mass is 9.90. The van der Waals surface area contributed by atoms with Gasteiger partial charge in [0.2, 0.25) is 0 Å². The van der Waals surface area contributed by atoms with Crippen molar-refractivity contribution >= 4 is 0 Å². The molecular weight excluding hydrogens is 212 g/mol. The van der Waals surface area contributed by atoms with Gasteiger partial charge < -0.3 is 14.8 Å². The van der Waals surface area contributed by atoms with Gasteiger partial charge in [-0.15, -0.1) is 0 Å². The Bertz CT molecular complexity index is 301. The SMILES string of the molecule is CC(NCCn1ccnc1)C1CCN(C)CC1. The van der Waals surface area contributed by atoms with Gasteiger partial charge in [0.1, 0.15) is 0 Å². The fourth-order valence-electron chi connectivity index (χ4n) is 2.54. The van der Waals surface area contributed by atoms with E-state index in [4.69, 9.17) is 0 Å². The second-order valence-corrected chi connectivity index (χ2v) is 5.18. The maximum atomic E-state index is 4.05. The van der Waals surface area contributed by atoms with E-state index >= 15 is 0 Å². The minimum Gasteiger partial charge on any atom is -0.336 e. The van der Waals surface area contributed by atoms with Crippen molar-refractivity contribution in [2.24, 2.45) is 5.92 Å². The van der Waals surface area contributed by atoms with Crippen LogP contribution < -0.4 is 5.32 Å². The van der Waals surface area contributed by atoms with Gasteiger partial charge in [-0.25, -0.2) is 4.98 Å². The van der Waals surface area contributed by atoms with Gasteiger partial charge in [-0.3, -0.25) is 0 Å². The number of likely N-dealkylation sites (tertiary alicyclic amines) is 1. The molecule has 1 atom stereocenters. The Hall–Kier alpha value is -0.870. The Morgan fingerprint density at radius 1 is 1.41 bits per heavy atom. The van der Waals surface area contributed by atoms with Gasteiger partial charge in [0.15, 0.2) is 0 Å². The van der Waals surface area contributed by atoms with Crippen molar-refractivity contribution in [1.82, 2.24) is 19.8 Å². The average molecular weight is 236 g/mol. The third-order valence-corrected chi connectivity index (χ3v) is 3.87. The van der Waals surface area contributed by atoms with E-state index in [0.717, 1.165) is 19.0 Å². The number of hydrogen-bond donors (Lipinski definition) is 1. The molecular formula is C13H24N4. The summed E-state index contributed by atoms with van der Waals surface area (Å²) in [5, 5.41) is 3.64. The second-order valence-electron chi connectivity index (χ2n) is 5.18. The molecule has 0 saturated carbocycles. The monoisotopic (exact) mass is 236 g/mol. The summed E-state index contributed by atoms with van der Waals surface area (Å²) in [7, 11) is 2.22. The maximum Gasteiger partial charge on any atom is 0.0946 e. The molecule has 4 heteroatoms. The summed E-state index contributed by atoms with van der Waals surface area (Å²) in [4.78, 5) is 6.47. The van der Waals surface area contributed by atoms with E-state index in [-0.39, 0.29) is 0 Å². The van der Waals surface area contributed by atoms with E-state index in [9.17, 15) is 0 Å². The van der Waals surface area contributed by atoms with Crippen LogP contribution in [0, 0.1) is 5.92 Å². The summed E-state index contributed by atoms with van der Waals surface area (Å²) in [6.07, 6.45) is 8.38. The quantitative estimate of drug-likeness (QED) is 0.834. The number of nitrogens with zero attached hydrogens (tertiary/aromatic N) is 3. The lowest BCUT2D eigenvalue weighted by Crippen LogP contribution is -2.41. The topological polar surface area (TPSA) is 33.1 Å². The van der Waals surface area contributed by atoms with Crippen LogP contribution in [0.15, 0.2) is 18.7 Å². The molecule has 1 saturated heterocycles. The molecule has 1 aliphatic heterocycles. The van der Waals surface area contributed by atoms with Gasteiger partial charge in [-0.1, -0.05) is 0 Å². The molecule has 1 aromatic rings. The van der Waals surface area contributed by atoms with Crippen molar-refractivity contribution in [3.8, 4) is 0 Å². The molecule has 0 aliphatic carbocycles. The molecule has 0 aromatic carbocycles. The zero-order chi connectivity index (χ0) is 12.1. The van der Waals surface area contributed by atoms with Gasteiger partial charge in [0, 0.05) is 31.5 Å². The van der Waals surface area contributed by atoms with Gasteiger partial charge in [0.25, 0.3) is 0 Å². The lowest BCUT2D eigenvalue weighted by Gasteiger charge is -2.33. The molecule has 0 spiro atoms. The van der Waals surface area contributed by atoms with Crippen molar-refractivity contribution in [1.29, 1.82) is 0 Å². The Balaban J connectivity index is 1.65. The normalized spacial score (nSPS) is 20.6. The Labute approximate surface area is 104 Å². The van der Waals surface area contributed by atoms with Crippen molar-refractivity contribution in [3.63, 3.8) is 0 Å². The molecule has 0 bridgehead atoms. The molecule has 1 aliphatic rings. The van der Waals surface area contributed by atoms with Crippen molar-refractivity contribution in [2.75, 3.05) is 26.7 Å². The zero-order valence-electron chi connectivity index (χ0n) is 11.0. The molecule has 1 fully saturated rings. The number of hydrogen-bond acceptors (Lipinski definition) is 3. The standard InChI is InChI=1S/C13H24N4/c1-12(13-3-7-16(2)8-4-13)15-6-10-17-9-5-14-11-17/h5,9,11-13,15H,3-4,6-8,10H2,1-2H3. The molecule has 96 valence electrons. The molecule has 0 radical (unpaired) electrons. The van der Waals surface area contributed by atoms with Crippen molar-refractivity contribution < 1.29 is 0 Å². The van der Waals surface area contributed by atoms with Crippen LogP contribution in [-0.4, -0.2) is 47.2 Å². The molecule has 17 heavy (non-hydrogen) atoms. The van der Waals surface area contributed by atoms with Crippen molar-refractivity contribution in [3.05, 3.63) is 18.7 Å². The highest BCUT2D eigenvalue weighted by Gasteiger charge is 2.21. The van der Waals surface area contributed by atoms with Gasteiger partial charge in [-0.05, 0) is 45.8 Å². The fraction of sp³-hybridized carbons (Fsp3) is 0.769. The molecule has 4 nitrogen and oxygen atoms in total. The van der Waals surface area contributed by atoms with Crippen LogP contribution in [0.25, 0.3) is 0 Å². The van der Waals surface area contributed by atoms with Crippen molar-refractivity contribution in [2.45, 2.75) is 32.4 Å². The first kappa shape index (κ1) is 12.6. The van der Waals surface area contributed by atoms with Crippen LogP contribution in [0.2, 0.25) is 0 Å². The predicted molar refractivity (Wildman–Crippen MR) is 69.9 cm³/mol. The van der Waals surface area contributed by atoms with Crippen LogP contribution in [0.4, 0.5) is 0 Å². The minimum absolute atomic E-state index is 0.632. The van der Waals surface area contributed by atoms with Gasteiger partial charge in [-0.2, -0.15) is 0 Å². The minimum atomic E-state index is 0.632. The summed E-state index contributed by atoms with van der Waals surface area (Å²) >= 11 is 0. The highest BCUT2D eigenvalue weighted by molar-refractivity contribution is 4.79. The van der Waals surface area contributed by atoms with E-state index in [2.05, 4.69) is 33.7 Å². The average Bonchev–Trinajstić information content (AvgIpc) is 2.83. The van der Waals surface area contributed by atoms with Crippen LogP contribution >= 0.6 is 0 Å². The molecule has 1 N–H and O–H groups in total. The predicted octanol–water partition coefficient (Wildman–Crippen LogP) is 1.20. The molecule has 1 aromatic heterocycles. The van der Waals surface area contributed by atoms with Crippen LogP contribution in [-0.2, 0) is 6.54 Å². The Morgan fingerprint density at radius 2 is 2.18 bits per heavy atom. The number of aromatic nitrogens is 2. The third-order valence-electron chi connectivity index (χ3n) is 3.87. The van der Waals surface area contributed by atoms with E-state index in [1.807, 2.05) is 18.7 Å². The number of imidazole rings is 1. The highest BCUT2D eigenvalue weighted by atomic mass is 15.1. The lowest BCUT2D eigenvalue weighted by molar-refractivity contribution is 0.189. The number of piperidine rings is 1. The van der Waals surface area contributed by atoms with E-state index < -0.39 is 0 Å². The maximum absolute atomic E-state index is 4.05. The smallest absolute Gasteiger partial charge is 0.0946 e. The molecule has 0 amide bonds. The first-order chi connectivity index (χ1) is 8.25. The highest BCUT2D eigenvalue weighted by Crippen LogP contribution is 2.19. The summed E-state index contributed by atoms with van der Waals surface area (Å²) < 4.78 is 2.12. The largest absolute Gasteiger partial charge is 0.336 e. The zero-order valence-corrected chi connectivity index (χ0v) is 11.0. The number of nitrogens with one attached hydrogen (secondary N) is 1. The van der Waals surface area contributed by atoms with Crippen LogP contribution in [0.5, 0.6) is 0 Å². The van der Waals surface area contributed by atoms with E-state index in [1.165, 1.54) is 25.9 Å². The third kappa shape index (κ3) is 3.82. The van der Waals surface area contributed by atoms with E-state index in [0.29, 0.717) is 6.04 Å².